The first-order valence-corrected chi connectivity index (χ1v) is 5.07. The van der Waals surface area contributed by atoms with Crippen LogP contribution in [0.4, 0.5) is 0 Å². The molecular formula is C11H15N3O3. The molecule has 0 heterocycles. The lowest BCUT2D eigenvalue weighted by molar-refractivity contribution is -0.135. The molecule has 6 nitrogen and oxygen atoms in total. The minimum absolute atomic E-state index is 0.415. The first-order chi connectivity index (χ1) is 8.04. The van der Waals surface area contributed by atoms with E-state index in [9.17, 15) is 9.59 Å². The Kier molecular flexibility index (Phi) is 4.62. The van der Waals surface area contributed by atoms with Gasteiger partial charge < -0.3 is 0 Å². The molecule has 0 spiro atoms. The molecule has 0 fully saturated rings. The molecule has 1 aromatic carbocycles. The number of nitrogens with one attached hydrogen (secondary N) is 2. The molecule has 92 valence electrons. The van der Waals surface area contributed by atoms with Crippen LogP contribution in [0.1, 0.15) is 22.8 Å². The summed E-state index contributed by atoms with van der Waals surface area (Å²) in [6, 6.07) is 6.96. The molecule has 1 rings (SSSR count). The van der Waals surface area contributed by atoms with Gasteiger partial charge in [0.05, 0.1) is 0 Å². The molecule has 0 saturated heterocycles. The fraction of sp³-hybridized carbons (Fsp3) is 0.273. The minimum atomic E-state index is -0.852. The van der Waals surface area contributed by atoms with Gasteiger partial charge in [-0.25, -0.2) is 11.3 Å². The molecule has 6 heteroatoms. The lowest BCUT2D eigenvalue weighted by Crippen LogP contribution is -2.42. The van der Waals surface area contributed by atoms with Gasteiger partial charge in [-0.2, -0.15) is 0 Å². The second kappa shape index (κ2) is 5.97. The SMILES string of the molecule is Cc1ccc(C(=O)NOC(C)C(=O)NN)cc1. The summed E-state index contributed by atoms with van der Waals surface area (Å²) < 4.78 is 0. The molecule has 0 aliphatic heterocycles. The summed E-state index contributed by atoms with van der Waals surface area (Å²) in [5.74, 6) is 3.98. The summed E-state index contributed by atoms with van der Waals surface area (Å²) in [7, 11) is 0. The molecule has 0 saturated carbocycles. The normalized spacial score (nSPS) is 11.7. The molecule has 4 N–H and O–H groups in total. The van der Waals surface area contributed by atoms with Gasteiger partial charge in [0.25, 0.3) is 11.8 Å². The number of aryl methyl sites for hydroxylation is 1. The van der Waals surface area contributed by atoms with E-state index in [4.69, 9.17) is 10.7 Å². The topological polar surface area (TPSA) is 93.4 Å². The number of nitrogens with two attached hydrogens (primary N) is 1. The summed E-state index contributed by atoms with van der Waals surface area (Å²) in [5, 5.41) is 0. The summed E-state index contributed by atoms with van der Waals surface area (Å²) in [6.45, 7) is 3.39. The Morgan fingerprint density at radius 1 is 1.29 bits per heavy atom. The monoisotopic (exact) mass is 237 g/mol. The van der Waals surface area contributed by atoms with E-state index >= 15 is 0 Å². The van der Waals surface area contributed by atoms with Crippen LogP contribution in [0.5, 0.6) is 0 Å². The van der Waals surface area contributed by atoms with Crippen LogP contribution in [0.25, 0.3) is 0 Å². The molecule has 1 unspecified atom stereocenters. The maximum atomic E-state index is 11.6. The summed E-state index contributed by atoms with van der Waals surface area (Å²) >= 11 is 0. The quantitative estimate of drug-likeness (QED) is 0.391. The van der Waals surface area contributed by atoms with Crippen molar-refractivity contribution in [2.24, 2.45) is 5.84 Å². The lowest BCUT2D eigenvalue weighted by Gasteiger charge is -2.11. The first-order valence-electron chi connectivity index (χ1n) is 5.07. The van der Waals surface area contributed by atoms with E-state index in [-0.39, 0.29) is 0 Å². The molecule has 0 aliphatic carbocycles. The summed E-state index contributed by atoms with van der Waals surface area (Å²) in [4.78, 5) is 27.4. The van der Waals surface area contributed by atoms with Crippen LogP contribution in [0, 0.1) is 6.92 Å². The number of carbonyl (C=O) groups is 2. The number of amides is 2. The molecule has 0 bridgehead atoms. The molecule has 1 atom stereocenters. The van der Waals surface area contributed by atoms with E-state index in [1.807, 2.05) is 24.5 Å². The fourth-order valence-electron chi connectivity index (χ4n) is 1.08. The number of carbonyl (C=O) groups excluding carboxylic acids is 2. The summed E-state index contributed by atoms with van der Waals surface area (Å²) in [5.41, 5.74) is 5.61. The Hall–Kier alpha value is -1.92. The number of hydroxylamine groups is 1. The third kappa shape index (κ3) is 3.86. The Balaban J connectivity index is 2.50. The molecule has 17 heavy (non-hydrogen) atoms. The zero-order valence-corrected chi connectivity index (χ0v) is 9.69. The Morgan fingerprint density at radius 2 is 1.88 bits per heavy atom. The van der Waals surface area contributed by atoms with Crippen molar-refractivity contribution in [3.05, 3.63) is 35.4 Å². The first kappa shape index (κ1) is 13.1. The molecule has 1 aromatic rings. The van der Waals surface area contributed by atoms with Gasteiger partial charge in [0.15, 0.2) is 6.10 Å². The third-order valence-electron chi connectivity index (χ3n) is 2.15. The van der Waals surface area contributed by atoms with Gasteiger partial charge in [0, 0.05) is 5.56 Å². The number of hydrazine groups is 1. The van der Waals surface area contributed by atoms with E-state index in [0.717, 1.165) is 5.56 Å². The van der Waals surface area contributed by atoms with Crippen molar-refractivity contribution < 1.29 is 14.4 Å². The second-order valence-electron chi connectivity index (χ2n) is 3.57. The molecule has 2 amide bonds. The van der Waals surface area contributed by atoms with Crippen molar-refractivity contribution in [2.75, 3.05) is 0 Å². The Morgan fingerprint density at radius 3 is 2.41 bits per heavy atom. The van der Waals surface area contributed by atoms with Crippen molar-refractivity contribution in [3.63, 3.8) is 0 Å². The average molecular weight is 237 g/mol. The molecule has 0 radical (unpaired) electrons. The van der Waals surface area contributed by atoms with Crippen LogP contribution in [0.15, 0.2) is 24.3 Å². The van der Waals surface area contributed by atoms with E-state index in [0.29, 0.717) is 5.56 Å². The Bertz CT molecular complexity index is 403. The zero-order valence-electron chi connectivity index (χ0n) is 9.69. The highest BCUT2D eigenvalue weighted by Crippen LogP contribution is 2.02. The fourth-order valence-corrected chi connectivity index (χ4v) is 1.08. The van der Waals surface area contributed by atoms with E-state index in [1.54, 1.807) is 12.1 Å². The van der Waals surface area contributed by atoms with Gasteiger partial charge in [-0.1, -0.05) is 17.7 Å². The number of hydrogen-bond acceptors (Lipinski definition) is 4. The van der Waals surface area contributed by atoms with Gasteiger partial charge in [-0.05, 0) is 26.0 Å². The van der Waals surface area contributed by atoms with E-state index in [2.05, 4.69) is 5.48 Å². The van der Waals surface area contributed by atoms with Gasteiger partial charge in [0.2, 0.25) is 0 Å². The van der Waals surface area contributed by atoms with Crippen molar-refractivity contribution >= 4 is 11.8 Å². The standard InChI is InChI=1S/C11H15N3O3/c1-7-3-5-9(6-4-7)11(16)14-17-8(2)10(15)13-12/h3-6,8H,12H2,1-2H3,(H,13,15)(H,14,16). The van der Waals surface area contributed by atoms with Gasteiger partial charge in [0.1, 0.15) is 0 Å². The highest BCUT2D eigenvalue weighted by atomic mass is 16.7. The predicted octanol–water partition coefficient (Wildman–Crippen LogP) is 0.0348. The second-order valence-corrected chi connectivity index (χ2v) is 3.57. The zero-order chi connectivity index (χ0) is 12.8. The van der Waals surface area contributed by atoms with Crippen LogP contribution in [0.2, 0.25) is 0 Å². The number of hydrogen-bond donors (Lipinski definition) is 3. The number of rotatable bonds is 4. The summed E-state index contributed by atoms with van der Waals surface area (Å²) in [6.07, 6.45) is -0.852. The van der Waals surface area contributed by atoms with Crippen molar-refractivity contribution in [1.82, 2.24) is 10.9 Å². The highest BCUT2D eigenvalue weighted by Gasteiger charge is 2.14. The smallest absolute Gasteiger partial charge is 0.274 e. The predicted molar refractivity (Wildman–Crippen MR) is 61.5 cm³/mol. The maximum Gasteiger partial charge on any atom is 0.274 e. The van der Waals surface area contributed by atoms with Crippen LogP contribution < -0.4 is 16.7 Å². The third-order valence-corrected chi connectivity index (χ3v) is 2.15. The van der Waals surface area contributed by atoms with Gasteiger partial charge in [-0.3, -0.25) is 19.9 Å². The van der Waals surface area contributed by atoms with E-state index < -0.39 is 17.9 Å². The number of benzene rings is 1. The highest BCUT2D eigenvalue weighted by molar-refractivity contribution is 5.93. The van der Waals surface area contributed by atoms with Crippen molar-refractivity contribution in [2.45, 2.75) is 20.0 Å². The molecular weight excluding hydrogens is 222 g/mol. The van der Waals surface area contributed by atoms with Crippen LogP contribution in [0.3, 0.4) is 0 Å². The average Bonchev–Trinajstić information content (AvgIpc) is 2.35. The van der Waals surface area contributed by atoms with Gasteiger partial charge in [-0.15, -0.1) is 0 Å². The van der Waals surface area contributed by atoms with E-state index in [1.165, 1.54) is 6.92 Å². The van der Waals surface area contributed by atoms with Crippen molar-refractivity contribution in [1.29, 1.82) is 0 Å². The minimum Gasteiger partial charge on any atom is -0.292 e. The van der Waals surface area contributed by atoms with Gasteiger partial charge >= 0.3 is 0 Å². The van der Waals surface area contributed by atoms with Crippen LogP contribution >= 0.6 is 0 Å². The molecule has 0 aliphatic rings. The van der Waals surface area contributed by atoms with Crippen LogP contribution in [-0.4, -0.2) is 17.9 Å². The largest absolute Gasteiger partial charge is 0.292 e. The Labute approximate surface area is 99.1 Å². The van der Waals surface area contributed by atoms with Crippen LogP contribution in [-0.2, 0) is 9.63 Å². The van der Waals surface area contributed by atoms with Crippen molar-refractivity contribution in [3.8, 4) is 0 Å². The maximum absolute atomic E-state index is 11.6. The lowest BCUT2D eigenvalue weighted by atomic mass is 10.1. The molecule has 0 aromatic heterocycles.